The molecule has 0 aliphatic carbocycles. The smallest absolute Gasteiger partial charge is 0.360 e. The first-order chi connectivity index (χ1) is 15.9. The lowest BCUT2D eigenvalue weighted by Crippen LogP contribution is -2.32. The molecule has 0 spiro atoms. The molecule has 3 aromatic carbocycles. The van der Waals surface area contributed by atoms with E-state index < -0.39 is 23.8 Å². The van der Waals surface area contributed by atoms with Crippen LogP contribution in [0, 0.1) is 5.82 Å². The fraction of sp³-hybridized carbons (Fsp3) is 0.120. The highest BCUT2D eigenvalue weighted by Gasteiger charge is 2.24. The minimum Gasteiger partial charge on any atom is -0.448 e. The topological polar surface area (TPSA) is 90.3 Å². The zero-order chi connectivity index (χ0) is 23.4. The Labute approximate surface area is 188 Å². The Morgan fingerprint density at radius 3 is 2.33 bits per heavy atom. The van der Waals surface area contributed by atoms with E-state index in [9.17, 15) is 18.8 Å². The van der Waals surface area contributed by atoms with Gasteiger partial charge in [-0.15, -0.1) is 0 Å². The summed E-state index contributed by atoms with van der Waals surface area (Å²) in [7, 11) is 0. The van der Waals surface area contributed by atoms with Gasteiger partial charge in [0.2, 0.25) is 0 Å². The molecule has 1 amide bonds. The van der Waals surface area contributed by atoms with Gasteiger partial charge in [0.15, 0.2) is 11.8 Å². The minimum atomic E-state index is -1.23. The maximum Gasteiger partial charge on any atom is 0.360 e. The standard InChI is InChI=1S/C25H20FN3O4/c1-16(23(30)27-21-14-8-7-13-20(21)26)33-25(32)22-18-11-5-6-12-19(18)24(31)29(28-22)15-17-9-3-2-4-10-17/h2-14,16H,15H2,1H3,(H,27,30). The van der Waals surface area contributed by atoms with Crippen molar-refractivity contribution in [3.8, 4) is 0 Å². The van der Waals surface area contributed by atoms with E-state index in [0.717, 1.165) is 5.56 Å². The summed E-state index contributed by atoms with van der Waals surface area (Å²) < 4.78 is 20.3. The summed E-state index contributed by atoms with van der Waals surface area (Å²) in [6.07, 6.45) is -1.23. The second kappa shape index (κ2) is 9.44. The third kappa shape index (κ3) is 4.79. The Balaban J connectivity index is 1.62. The molecule has 1 N–H and O–H groups in total. The van der Waals surface area contributed by atoms with Crippen LogP contribution in [-0.4, -0.2) is 27.8 Å². The first-order valence-corrected chi connectivity index (χ1v) is 10.2. The number of esters is 1. The van der Waals surface area contributed by atoms with Crippen LogP contribution in [0.3, 0.4) is 0 Å². The molecule has 33 heavy (non-hydrogen) atoms. The summed E-state index contributed by atoms with van der Waals surface area (Å²) in [5.41, 5.74) is 0.368. The van der Waals surface area contributed by atoms with Crippen LogP contribution in [0.2, 0.25) is 0 Å². The molecule has 0 aliphatic rings. The molecule has 1 heterocycles. The van der Waals surface area contributed by atoms with Gasteiger partial charge in [-0.1, -0.05) is 60.7 Å². The van der Waals surface area contributed by atoms with Crippen LogP contribution in [0.1, 0.15) is 23.0 Å². The Morgan fingerprint density at radius 2 is 1.61 bits per heavy atom. The second-order valence-electron chi connectivity index (χ2n) is 7.36. The molecule has 0 saturated heterocycles. The highest BCUT2D eigenvalue weighted by molar-refractivity contribution is 6.03. The molecule has 0 saturated carbocycles. The van der Waals surface area contributed by atoms with Crippen molar-refractivity contribution < 1.29 is 18.7 Å². The predicted molar refractivity (Wildman–Crippen MR) is 121 cm³/mol. The fourth-order valence-corrected chi connectivity index (χ4v) is 3.32. The summed E-state index contributed by atoms with van der Waals surface area (Å²) in [5.74, 6) is -2.18. The zero-order valence-corrected chi connectivity index (χ0v) is 17.7. The van der Waals surface area contributed by atoms with E-state index in [2.05, 4.69) is 10.4 Å². The van der Waals surface area contributed by atoms with Gasteiger partial charge in [-0.05, 0) is 30.7 Å². The van der Waals surface area contributed by atoms with Gasteiger partial charge >= 0.3 is 5.97 Å². The van der Waals surface area contributed by atoms with Crippen LogP contribution in [0.25, 0.3) is 10.8 Å². The van der Waals surface area contributed by atoms with Gasteiger partial charge in [0.05, 0.1) is 17.6 Å². The van der Waals surface area contributed by atoms with Gasteiger partial charge in [-0.2, -0.15) is 5.10 Å². The van der Waals surface area contributed by atoms with Crippen molar-refractivity contribution >= 4 is 28.3 Å². The lowest BCUT2D eigenvalue weighted by Gasteiger charge is -2.15. The molecule has 0 aliphatic heterocycles. The summed E-state index contributed by atoms with van der Waals surface area (Å²) in [4.78, 5) is 38.3. The molecule has 166 valence electrons. The van der Waals surface area contributed by atoms with E-state index >= 15 is 0 Å². The van der Waals surface area contributed by atoms with Gasteiger partial charge in [0.1, 0.15) is 5.82 Å². The molecule has 1 atom stereocenters. The minimum absolute atomic E-state index is 0.0228. The maximum absolute atomic E-state index is 13.8. The summed E-state index contributed by atoms with van der Waals surface area (Å²) in [6, 6.07) is 21.5. The first kappa shape index (κ1) is 21.9. The normalized spacial score (nSPS) is 11.7. The van der Waals surface area contributed by atoms with Gasteiger partial charge in [0.25, 0.3) is 11.5 Å². The Bertz CT molecular complexity index is 1390. The molecule has 1 unspecified atom stereocenters. The predicted octanol–water partition coefficient (Wildman–Crippen LogP) is 3.77. The van der Waals surface area contributed by atoms with Crippen LogP contribution in [0.5, 0.6) is 0 Å². The maximum atomic E-state index is 13.8. The number of nitrogens with zero attached hydrogens (tertiary/aromatic N) is 2. The molecule has 8 heteroatoms. The lowest BCUT2D eigenvalue weighted by molar-refractivity contribution is -0.123. The molecule has 4 rings (SSSR count). The number of anilines is 1. The SMILES string of the molecule is CC(OC(=O)c1nn(Cc2ccccc2)c(=O)c2ccccc12)C(=O)Nc1ccccc1F. The zero-order valence-electron chi connectivity index (χ0n) is 17.7. The summed E-state index contributed by atoms with van der Waals surface area (Å²) in [6.45, 7) is 1.53. The summed E-state index contributed by atoms with van der Waals surface area (Å²) in [5, 5.41) is 7.26. The van der Waals surface area contributed by atoms with E-state index in [-0.39, 0.29) is 23.5 Å². The quantitative estimate of drug-likeness (QED) is 0.457. The average Bonchev–Trinajstić information content (AvgIpc) is 2.83. The number of aromatic nitrogens is 2. The number of nitrogens with one attached hydrogen (secondary N) is 1. The number of carbonyl (C=O) groups excluding carboxylic acids is 2. The lowest BCUT2D eigenvalue weighted by atomic mass is 10.1. The number of amides is 1. The van der Waals surface area contributed by atoms with Crippen LogP contribution in [-0.2, 0) is 16.1 Å². The van der Waals surface area contributed by atoms with E-state index in [4.69, 9.17) is 4.74 Å². The number of carbonyl (C=O) groups is 2. The number of halogens is 1. The summed E-state index contributed by atoms with van der Waals surface area (Å²) >= 11 is 0. The van der Waals surface area contributed by atoms with Gasteiger partial charge in [-0.3, -0.25) is 9.59 Å². The average molecular weight is 445 g/mol. The van der Waals surface area contributed by atoms with Crippen LogP contribution in [0.15, 0.2) is 83.7 Å². The Hall–Kier alpha value is -4.33. The van der Waals surface area contributed by atoms with Crippen molar-refractivity contribution in [2.24, 2.45) is 0 Å². The molecule has 0 radical (unpaired) electrons. The van der Waals surface area contributed by atoms with Gasteiger partial charge in [-0.25, -0.2) is 13.9 Å². The van der Waals surface area contributed by atoms with E-state index in [1.54, 1.807) is 30.3 Å². The molecule has 0 bridgehead atoms. The largest absolute Gasteiger partial charge is 0.448 e. The van der Waals surface area contributed by atoms with Crippen LogP contribution in [0.4, 0.5) is 10.1 Å². The van der Waals surface area contributed by atoms with E-state index in [1.807, 2.05) is 30.3 Å². The monoisotopic (exact) mass is 445 g/mol. The third-order valence-corrected chi connectivity index (χ3v) is 5.02. The molecule has 4 aromatic rings. The van der Waals surface area contributed by atoms with Crippen molar-refractivity contribution in [3.63, 3.8) is 0 Å². The number of ether oxygens (including phenoxy) is 1. The second-order valence-corrected chi connectivity index (χ2v) is 7.36. The number of para-hydroxylation sites is 1. The highest BCUT2D eigenvalue weighted by Crippen LogP contribution is 2.17. The van der Waals surface area contributed by atoms with Gasteiger partial charge in [0, 0.05) is 5.39 Å². The molecule has 0 fully saturated rings. The van der Waals surface area contributed by atoms with Crippen molar-refractivity contribution in [1.29, 1.82) is 0 Å². The Morgan fingerprint density at radius 1 is 0.970 bits per heavy atom. The number of hydrogen-bond acceptors (Lipinski definition) is 5. The van der Waals surface area contributed by atoms with Crippen molar-refractivity contribution in [2.75, 3.05) is 5.32 Å². The van der Waals surface area contributed by atoms with Crippen LogP contribution >= 0.6 is 0 Å². The Kier molecular flexibility index (Phi) is 6.26. The van der Waals surface area contributed by atoms with E-state index in [0.29, 0.717) is 10.8 Å². The van der Waals surface area contributed by atoms with Crippen molar-refractivity contribution in [1.82, 2.24) is 9.78 Å². The number of rotatable bonds is 6. The fourth-order valence-electron chi connectivity index (χ4n) is 3.32. The first-order valence-electron chi connectivity index (χ1n) is 10.2. The van der Waals surface area contributed by atoms with Crippen molar-refractivity contribution in [2.45, 2.75) is 19.6 Å². The highest BCUT2D eigenvalue weighted by atomic mass is 19.1. The van der Waals surface area contributed by atoms with Gasteiger partial charge < -0.3 is 10.1 Å². The van der Waals surface area contributed by atoms with Crippen molar-refractivity contribution in [3.05, 3.63) is 106 Å². The van der Waals surface area contributed by atoms with E-state index in [1.165, 1.54) is 29.8 Å². The molecular formula is C25H20FN3O4. The third-order valence-electron chi connectivity index (χ3n) is 5.02. The number of fused-ring (bicyclic) bond motifs is 1. The number of benzene rings is 3. The number of hydrogen-bond donors (Lipinski definition) is 1. The molecule has 7 nitrogen and oxygen atoms in total. The molecular weight excluding hydrogens is 425 g/mol. The molecule has 1 aromatic heterocycles. The van der Waals surface area contributed by atoms with Crippen LogP contribution < -0.4 is 10.9 Å².